The number of nitrogens with zero attached hydrogens (tertiary/aromatic N) is 1. The number of rotatable bonds is 3. The number of anilines is 1. The highest BCUT2D eigenvalue weighted by Crippen LogP contribution is 2.31. The molecule has 0 unspecified atom stereocenters. The van der Waals surface area contributed by atoms with Gasteiger partial charge in [-0.3, -0.25) is 0 Å². The van der Waals surface area contributed by atoms with Gasteiger partial charge in [0.05, 0.1) is 12.8 Å². The third-order valence-electron chi connectivity index (χ3n) is 2.23. The Labute approximate surface area is 84.9 Å². The van der Waals surface area contributed by atoms with Gasteiger partial charge in [-0.15, -0.1) is 0 Å². The predicted octanol–water partition coefficient (Wildman–Crippen LogP) is 1.70. The van der Waals surface area contributed by atoms with Crippen LogP contribution in [0, 0.1) is 13.8 Å². The van der Waals surface area contributed by atoms with Gasteiger partial charge in [0.2, 0.25) is 0 Å². The first-order valence-corrected chi connectivity index (χ1v) is 4.57. The lowest BCUT2D eigenvalue weighted by Gasteiger charge is -2.21. The quantitative estimate of drug-likeness (QED) is 0.745. The van der Waals surface area contributed by atoms with Crippen molar-refractivity contribution in [1.82, 2.24) is 0 Å². The van der Waals surface area contributed by atoms with Gasteiger partial charge < -0.3 is 14.7 Å². The van der Waals surface area contributed by atoms with Gasteiger partial charge in [-0.1, -0.05) is 6.07 Å². The fourth-order valence-corrected chi connectivity index (χ4v) is 1.56. The summed E-state index contributed by atoms with van der Waals surface area (Å²) in [7, 11) is 3.48. The fourth-order valence-electron chi connectivity index (χ4n) is 1.56. The number of hydrogen-bond acceptors (Lipinski definition) is 3. The van der Waals surface area contributed by atoms with Crippen LogP contribution < -0.4 is 9.64 Å². The number of ether oxygens (including phenoxy) is 1. The van der Waals surface area contributed by atoms with Crippen LogP contribution in [0.4, 0.5) is 5.69 Å². The van der Waals surface area contributed by atoms with E-state index in [0.29, 0.717) is 0 Å². The van der Waals surface area contributed by atoms with E-state index in [-0.39, 0.29) is 6.73 Å². The Bertz CT molecular complexity index is 323. The van der Waals surface area contributed by atoms with E-state index >= 15 is 0 Å². The molecule has 0 fully saturated rings. The van der Waals surface area contributed by atoms with Gasteiger partial charge in [0, 0.05) is 7.05 Å². The summed E-state index contributed by atoms with van der Waals surface area (Å²) in [6.07, 6.45) is 0. The molecule has 0 saturated carbocycles. The largest absolute Gasteiger partial charge is 0.494 e. The maximum Gasteiger partial charge on any atom is 0.145 e. The molecular weight excluding hydrogens is 178 g/mol. The maximum absolute atomic E-state index is 9.06. The number of aliphatic hydroxyl groups excluding tert-OH is 1. The molecule has 0 spiro atoms. The number of benzene rings is 1. The van der Waals surface area contributed by atoms with Crippen molar-refractivity contribution >= 4 is 5.69 Å². The normalized spacial score (nSPS) is 10.1. The number of aliphatic hydroxyl groups is 1. The zero-order chi connectivity index (χ0) is 10.7. The monoisotopic (exact) mass is 195 g/mol. The molecule has 0 saturated heterocycles. The van der Waals surface area contributed by atoms with Crippen molar-refractivity contribution in [2.24, 2.45) is 0 Å². The van der Waals surface area contributed by atoms with E-state index in [0.717, 1.165) is 17.0 Å². The van der Waals surface area contributed by atoms with Gasteiger partial charge in [-0.05, 0) is 31.0 Å². The molecule has 0 amide bonds. The summed E-state index contributed by atoms with van der Waals surface area (Å²) in [4.78, 5) is 1.75. The van der Waals surface area contributed by atoms with E-state index in [1.165, 1.54) is 5.56 Å². The minimum atomic E-state index is -0.0146. The number of hydrogen-bond donors (Lipinski definition) is 1. The second kappa shape index (κ2) is 4.33. The molecule has 1 aromatic carbocycles. The Hall–Kier alpha value is -1.22. The van der Waals surface area contributed by atoms with Gasteiger partial charge in [0.25, 0.3) is 0 Å². The summed E-state index contributed by atoms with van der Waals surface area (Å²) in [5.41, 5.74) is 3.17. The highest BCUT2D eigenvalue weighted by molar-refractivity contribution is 5.62. The molecule has 0 atom stereocenters. The Morgan fingerprint density at radius 3 is 2.50 bits per heavy atom. The van der Waals surface area contributed by atoms with Crippen molar-refractivity contribution in [3.8, 4) is 5.75 Å². The van der Waals surface area contributed by atoms with E-state index in [9.17, 15) is 0 Å². The van der Waals surface area contributed by atoms with Crippen LogP contribution in [0.15, 0.2) is 12.1 Å². The molecule has 0 heterocycles. The summed E-state index contributed by atoms with van der Waals surface area (Å²) < 4.78 is 5.30. The van der Waals surface area contributed by atoms with Crippen molar-refractivity contribution in [2.75, 3.05) is 25.8 Å². The molecule has 1 aromatic rings. The fraction of sp³-hybridized carbons (Fsp3) is 0.455. The van der Waals surface area contributed by atoms with Crippen molar-refractivity contribution < 1.29 is 9.84 Å². The molecule has 0 bridgehead atoms. The molecule has 3 nitrogen and oxygen atoms in total. The number of methoxy groups -OCH3 is 1. The van der Waals surface area contributed by atoms with E-state index < -0.39 is 0 Å². The molecule has 1 rings (SSSR count). The molecular formula is C11H17NO2. The van der Waals surface area contributed by atoms with Crippen LogP contribution in [-0.2, 0) is 0 Å². The summed E-state index contributed by atoms with van der Waals surface area (Å²) >= 11 is 0. The molecule has 1 N–H and O–H groups in total. The first kappa shape index (κ1) is 10.9. The van der Waals surface area contributed by atoms with Crippen molar-refractivity contribution in [2.45, 2.75) is 13.8 Å². The summed E-state index contributed by atoms with van der Waals surface area (Å²) in [5, 5.41) is 9.06. The smallest absolute Gasteiger partial charge is 0.145 e. The molecule has 0 aromatic heterocycles. The third kappa shape index (κ3) is 1.99. The SMILES string of the molecule is COc1c(C)cc(C)cc1N(C)CO. The standard InChI is InChI=1S/C11H17NO2/c1-8-5-9(2)11(14-4)10(6-8)12(3)7-13/h5-6,13H,7H2,1-4H3. The van der Waals surface area contributed by atoms with Gasteiger partial charge in [-0.2, -0.15) is 0 Å². The lowest BCUT2D eigenvalue weighted by atomic mass is 10.1. The van der Waals surface area contributed by atoms with Crippen LogP contribution in [0.2, 0.25) is 0 Å². The van der Waals surface area contributed by atoms with Gasteiger partial charge in [0.1, 0.15) is 12.5 Å². The average molecular weight is 195 g/mol. The zero-order valence-electron chi connectivity index (χ0n) is 9.16. The zero-order valence-corrected chi connectivity index (χ0v) is 9.16. The first-order chi connectivity index (χ1) is 6.60. The average Bonchev–Trinajstić information content (AvgIpc) is 2.15. The Balaban J connectivity index is 3.24. The van der Waals surface area contributed by atoms with Crippen molar-refractivity contribution in [1.29, 1.82) is 0 Å². The molecule has 0 aliphatic heterocycles. The highest BCUT2D eigenvalue weighted by Gasteiger charge is 2.10. The van der Waals surface area contributed by atoms with Crippen LogP contribution in [0.5, 0.6) is 5.75 Å². The molecule has 0 radical (unpaired) electrons. The van der Waals surface area contributed by atoms with Gasteiger partial charge in [-0.25, -0.2) is 0 Å². The van der Waals surface area contributed by atoms with E-state index in [1.807, 2.05) is 27.0 Å². The van der Waals surface area contributed by atoms with Crippen molar-refractivity contribution in [3.63, 3.8) is 0 Å². The Morgan fingerprint density at radius 2 is 2.00 bits per heavy atom. The second-order valence-electron chi connectivity index (χ2n) is 3.47. The third-order valence-corrected chi connectivity index (χ3v) is 2.23. The topological polar surface area (TPSA) is 32.7 Å². The van der Waals surface area contributed by atoms with Crippen LogP contribution in [0.1, 0.15) is 11.1 Å². The second-order valence-corrected chi connectivity index (χ2v) is 3.47. The summed E-state index contributed by atoms with van der Waals surface area (Å²) in [6.45, 7) is 4.01. The highest BCUT2D eigenvalue weighted by atomic mass is 16.5. The van der Waals surface area contributed by atoms with E-state index in [4.69, 9.17) is 9.84 Å². The molecule has 3 heteroatoms. The lowest BCUT2D eigenvalue weighted by Crippen LogP contribution is -2.19. The van der Waals surface area contributed by atoms with Gasteiger partial charge in [0.15, 0.2) is 0 Å². The minimum absolute atomic E-state index is 0.0146. The molecule has 0 aliphatic carbocycles. The Morgan fingerprint density at radius 1 is 1.36 bits per heavy atom. The molecule has 78 valence electrons. The van der Waals surface area contributed by atoms with Gasteiger partial charge >= 0.3 is 0 Å². The van der Waals surface area contributed by atoms with Crippen LogP contribution in [0.3, 0.4) is 0 Å². The lowest BCUT2D eigenvalue weighted by molar-refractivity contribution is 0.296. The molecule has 14 heavy (non-hydrogen) atoms. The maximum atomic E-state index is 9.06. The van der Waals surface area contributed by atoms with E-state index in [2.05, 4.69) is 6.07 Å². The summed E-state index contributed by atoms with van der Waals surface area (Å²) in [5.74, 6) is 0.826. The first-order valence-electron chi connectivity index (χ1n) is 4.57. The van der Waals surface area contributed by atoms with Crippen LogP contribution in [0.25, 0.3) is 0 Å². The minimum Gasteiger partial charge on any atom is -0.494 e. The van der Waals surface area contributed by atoms with E-state index in [1.54, 1.807) is 12.0 Å². The Kier molecular flexibility index (Phi) is 3.36. The van der Waals surface area contributed by atoms with Crippen LogP contribution >= 0.6 is 0 Å². The van der Waals surface area contributed by atoms with Crippen molar-refractivity contribution in [3.05, 3.63) is 23.3 Å². The molecule has 0 aliphatic rings. The summed E-state index contributed by atoms with van der Waals surface area (Å²) in [6, 6.07) is 4.07. The predicted molar refractivity (Wildman–Crippen MR) is 58.0 cm³/mol. The number of aryl methyl sites for hydroxylation is 2. The van der Waals surface area contributed by atoms with Crippen LogP contribution in [-0.4, -0.2) is 26.0 Å².